The lowest BCUT2D eigenvalue weighted by atomic mass is 10.0. The van der Waals surface area contributed by atoms with Gasteiger partial charge in [0.2, 0.25) is 0 Å². The van der Waals surface area contributed by atoms with Gasteiger partial charge in [0.05, 0.1) is 0 Å². The predicted octanol–water partition coefficient (Wildman–Crippen LogP) is 1.80. The van der Waals surface area contributed by atoms with Crippen molar-refractivity contribution in [1.82, 2.24) is 4.98 Å². The summed E-state index contributed by atoms with van der Waals surface area (Å²) in [5.41, 5.74) is 8.26. The Kier molecular flexibility index (Phi) is 2.60. The molecule has 0 radical (unpaired) electrons. The van der Waals surface area contributed by atoms with Crippen LogP contribution in [0.2, 0.25) is 0 Å². The van der Waals surface area contributed by atoms with Crippen LogP contribution in [0.1, 0.15) is 30.5 Å². The Bertz CT molecular complexity index is 233. The summed E-state index contributed by atoms with van der Waals surface area (Å²) in [5, 5.41) is 0. The van der Waals surface area contributed by atoms with E-state index in [0.717, 1.165) is 6.42 Å². The molecule has 1 unspecified atom stereocenters. The van der Waals surface area contributed by atoms with E-state index in [4.69, 9.17) is 5.73 Å². The van der Waals surface area contributed by atoms with Crippen molar-refractivity contribution in [2.45, 2.75) is 26.3 Å². The molecule has 0 aliphatic rings. The summed E-state index contributed by atoms with van der Waals surface area (Å²) in [6, 6.07) is 2.15. The maximum Gasteiger partial charge on any atom is 0.0300 e. The standard InChI is InChI=1S/C9H14N2/c1-3-9(10)8-4-5-11-6-7(8)2/h4-6,9H,3,10H2,1-2H3. The highest BCUT2D eigenvalue weighted by Crippen LogP contribution is 2.15. The molecule has 1 aromatic rings. The number of aromatic nitrogens is 1. The van der Waals surface area contributed by atoms with Gasteiger partial charge in [0, 0.05) is 18.4 Å². The summed E-state index contributed by atoms with van der Waals surface area (Å²) >= 11 is 0. The Hall–Kier alpha value is -0.890. The highest BCUT2D eigenvalue weighted by Gasteiger charge is 2.04. The first-order chi connectivity index (χ1) is 5.25. The van der Waals surface area contributed by atoms with Gasteiger partial charge in [-0.1, -0.05) is 6.92 Å². The van der Waals surface area contributed by atoms with E-state index in [1.807, 2.05) is 19.2 Å². The molecule has 0 spiro atoms. The zero-order valence-corrected chi connectivity index (χ0v) is 7.04. The van der Waals surface area contributed by atoms with E-state index in [2.05, 4.69) is 11.9 Å². The number of aryl methyl sites for hydroxylation is 1. The van der Waals surface area contributed by atoms with Crippen LogP contribution in [-0.4, -0.2) is 4.98 Å². The highest BCUT2D eigenvalue weighted by molar-refractivity contribution is 5.24. The molecule has 1 atom stereocenters. The van der Waals surface area contributed by atoms with Gasteiger partial charge < -0.3 is 5.73 Å². The van der Waals surface area contributed by atoms with Crippen LogP contribution in [0, 0.1) is 6.92 Å². The second kappa shape index (κ2) is 3.49. The van der Waals surface area contributed by atoms with E-state index in [9.17, 15) is 0 Å². The van der Waals surface area contributed by atoms with Gasteiger partial charge >= 0.3 is 0 Å². The van der Waals surface area contributed by atoms with Crippen molar-refractivity contribution in [1.29, 1.82) is 0 Å². The van der Waals surface area contributed by atoms with Crippen LogP contribution < -0.4 is 5.73 Å². The monoisotopic (exact) mass is 150 g/mol. The van der Waals surface area contributed by atoms with Crippen LogP contribution in [0.25, 0.3) is 0 Å². The number of hydrogen-bond acceptors (Lipinski definition) is 2. The first-order valence-corrected chi connectivity index (χ1v) is 3.91. The van der Waals surface area contributed by atoms with Gasteiger partial charge in [0.15, 0.2) is 0 Å². The van der Waals surface area contributed by atoms with Gasteiger partial charge in [-0.15, -0.1) is 0 Å². The lowest BCUT2D eigenvalue weighted by Gasteiger charge is -2.10. The Morgan fingerprint density at radius 1 is 1.64 bits per heavy atom. The molecule has 2 nitrogen and oxygen atoms in total. The molecule has 0 amide bonds. The van der Waals surface area contributed by atoms with Gasteiger partial charge in [0.1, 0.15) is 0 Å². The maximum absolute atomic E-state index is 5.87. The SMILES string of the molecule is CCC(N)c1ccncc1C. The smallest absolute Gasteiger partial charge is 0.0300 e. The lowest BCUT2D eigenvalue weighted by molar-refractivity contribution is 0.692. The lowest BCUT2D eigenvalue weighted by Crippen LogP contribution is -2.10. The third kappa shape index (κ3) is 1.77. The first-order valence-electron chi connectivity index (χ1n) is 3.91. The summed E-state index contributed by atoms with van der Waals surface area (Å²) in [6.45, 7) is 4.13. The van der Waals surface area contributed by atoms with E-state index in [1.54, 1.807) is 6.20 Å². The van der Waals surface area contributed by atoms with Gasteiger partial charge in [-0.05, 0) is 30.5 Å². The Morgan fingerprint density at radius 2 is 2.36 bits per heavy atom. The molecule has 2 N–H and O–H groups in total. The minimum Gasteiger partial charge on any atom is -0.324 e. The molecule has 60 valence electrons. The van der Waals surface area contributed by atoms with Crippen LogP contribution >= 0.6 is 0 Å². The molecule has 1 aromatic heterocycles. The van der Waals surface area contributed by atoms with Gasteiger partial charge in [0.25, 0.3) is 0 Å². The van der Waals surface area contributed by atoms with Crippen molar-refractivity contribution >= 4 is 0 Å². The van der Waals surface area contributed by atoms with E-state index in [0.29, 0.717) is 0 Å². The molecular weight excluding hydrogens is 136 g/mol. The number of pyridine rings is 1. The van der Waals surface area contributed by atoms with Crippen molar-refractivity contribution in [3.05, 3.63) is 29.6 Å². The average Bonchev–Trinajstić information content (AvgIpc) is 2.04. The Labute approximate surface area is 67.5 Å². The summed E-state index contributed by atoms with van der Waals surface area (Å²) in [5.74, 6) is 0. The van der Waals surface area contributed by atoms with Crippen molar-refractivity contribution in [2.24, 2.45) is 5.73 Å². The molecule has 0 fully saturated rings. The zero-order chi connectivity index (χ0) is 8.27. The molecule has 0 saturated heterocycles. The fourth-order valence-corrected chi connectivity index (χ4v) is 1.12. The zero-order valence-electron chi connectivity index (χ0n) is 7.04. The summed E-state index contributed by atoms with van der Waals surface area (Å²) in [4.78, 5) is 4.01. The molecule has 1 rings (SSSR count). The van der Waals surface area contributed by atoms with Crippen molar-refractivity contribution in [2.75, 3.05) is 0 Å². The molecular formula is C9H14N2. The molecule has 0 aromatic carbocycles. The predicted molar refractivity (Wildman–Crippen MR) is 46.2 cm³/mol. The summed E-state index contributed by atoms with van der Waals surface area (Å²) in [6.07, 6.45) is 4.62. The molecule has 0 aliphatic carbocycles. The number of nitrogens with two attached hydrogens (primary N) is 1. The quantitative estimate of drug-likeness (QED) is 0.698. The number of nitrogens with zero attached hydrogens (tertiary/aromatic N) is 1. The van der Waals surface area contributed by atoms with Crippen LogP contribution in [0.3, 0.4) is 0 Å². The average molecular weight is 150 g/mol. The minimum absolute atomic E-state index is 0.165. The van der Waals surface area contributed by atoms with Crippen molar-refractivity contribution < 1.29 is 0 Å². The first kappa shape index (κ1) is 8.21. The van der Waals surface area contributed by atoms with E-state index >= 15 is 0 Å². The maximum atomic E-state index is 5.87. The van der Waals surface area contributed by atoms with Crippen LogP contribution in [0.4, 0.5) is 0 Å². The van der Waals surface area contributed by atoms with E-state index in [-0.39, 0.29) is 6.04 Å². The van der Waals surface area contributed by atoms with Crippen LogP contribution in [0.5, 0.6) is 0 Å². The number of rotatable bonds is 2. The van der Waals surface area contributed by atoms with Gasteiger partial charge in [-0.2, -0.15) is 0 Å². The minimum atomic E-state index is 0.165. The molecule has 2 heteroatoms. The summed E-state index contributed by atoms with van der Waals surface area (Å²) < 4.78 is 0. The topological polar surface area (TPSA) is 38.9 Å². The van der Waals surface area contributed by atoms with Gasteiger partial charge in [-0.25, -0.2) is 0 Å². The van der Waals surface area contributed by atoms with E-state index < -0.39 is 0 Å². The third-order valence-corrected chi connectivity index (χ3v) is 1.90. The second-order valence-corrected chi connectivity index (χ2v) is 2.75. The molecule has 0 saturated carbocycles. The molecule has 0 aliphatic heterocycles. The fourth-order valence-electron chi connectivity index (χ4n) is 1.12. The highest BCUT2D eigenvalue weighted by atomic mass is 14.7. The number of hydrogen-bond donors (Lipinski definition) is 1. The van der Waals surface area contributed by atoms with Gasteiger partial charge in [-0.3, -0.25) is 4.98 Å². The molecule has 0 bridgehead atoms. The molecule has 1 heterocycles. The Morgan fingerprint density at radius 3 is 2.91 bits per heavy atom. The summed E-state index contributed by atoms with van der Waals surface area (Å²) in [7, 11) is 0. The van der Waals surface area contributed by atoms with Crippen LogP contribution in [-0.2, 0) is 0 Å². The molecule has 11 heavy (non-hydrogen) atoms. The third-order valence-electron chi connectivity index (χ3n) is 1.90. The van der Waals surface area contributed by atoms with Crippen molar-refractivity contribution in [3.63, 3.8) is 0 Å². The fraction of sp³-hybridized carbons (Fsp3) is 0.444. The normalized spacial score (nSPS) is 13.0. The second-order valence-electron chi connectivity index (χ2n) is 2.75. The van der Waals surface area contributed by atoms with E-state index in [1.165, 1.54) is 11.1 Å². The van der Waals surface area contributed by atoms with Crippen LogP contribution in [0.15, 0.2) is 18.5 Å². The van der Waals surface area contributed by atoms with Crippen molar-refractivity contribution in [3.8, 4) is 0 Å². The largest absolute Gasteiger partial charge is 0.324 e. The Balaban J connectivity index is 2.93.